The van der Waals surface area contributed by atoms with Crippen LogP contribution in [0.5, 0.6) is 0 Å². The van der Waals surface area contributed by atoms with Crippen LogP contribution in [0.1, 0.15) is 38.3 Å². The molecular weight excluding hydrogens is 382 g/mol. The predicted molar refractivity (Wildman–Crippen MR) is 126 cm³/mol. The predicted octanol–water partition coefficient (Wildman–Crippen LogP) is 6.46. The molecule has 0 aliphatic carbocycles. The minimum absolute atomic E-state index is 0.111. The molecule has 2 aromatic rings. The lowest BCUT2D eigenvalue weighted by molar-refractivity contribution is 0.0143. The molecule has 156 valence electrons. The number of anilines is 1. The van der Waals surface area contributed by atoms with Gasteiger partial charge in [0.15, 0.2) is 0 Å². The van der Waals surface area contributed by atoms with E-state index in [1.807, 2.05) is 61.6 Å². The average molecular weight is 410 g/mol. The Morgan fingerprint density at radius 1 is 1.13 bits per heavy atom. The fourth-order valence-corrected chi connectivity index (χ4v) is 3.83. The SMILES string of the molecule is [C-]#[N+]C(C#N)=C1C=C(C=Cc2ccc(N(CC)CC)cc2)OC(C)(c2ccccc2)C1. The third-order valence-electron chi connectivity index (χ3n) is 5.56. The molecule has 4 nitrogen and oxygen atoms in total. The number of benzene rings is 2. The maximum Gasteiger partial charge on any atom is 0.265 e. The topological polar surface area (TPSA) is 40.6 Å². The van der Waals surface area contributed by atoms with Crippen LogP contribution in [0.4, 0.5) is 5.69 Å². The van der Waals surface area contributed by atoms with Crippen molar-refractivity contribution in [1.29, 1.82) is 5.26 Å². The first-order valence-corrected chi connectivity index (χ1v) is 10.5. The van der Waals surface area contributed by atoms with E-state index in [2.05, 4.69) is 47.9 Å². The first-order chi connectivity index (χ1) is 15.0. The molecule has 3 rings (SSSR count). The van der Waals surface area contributed by atoms with Gasteiger partial charge in [0.2, 0.25) is 0 Å². The molecule has 0 bridgehead atoms. The van der Waals surface area contributed by atoms with Crippen LogP contribution in [-0.2, 0) is 10.3 Å². The molecule has 1 aliphatic heterocycles. The summed E-state index contributed by atoms with van der Waals surface area (Å²) >= 11 is 0. The maximum atomic E-state index is 9.41. The molecule has 0 N–H and O–H groups in total. The molecule has 1 unspecified atom stereocenters. The number of hydrogen-bond acceptors (Lipinski definition) is 3. The molecular formula is C27H27N3O. The Morgan fingerprint density at radius 3 is 2.39 bits per heavy atom. The summed E-state index contributed by atoms with van der Waals surface area (Å²) < 4.78 is 6.37. The number of nitrogens with zero attached hydrogens (tertiary/aromatic N) is 3. The van der Waals surface area contributed by atoms with Crippen LogP contribution >= 0.6 is 0 Å². The van der Waals surface area contributed by atoms with Crippen molar-refractivity contribution in [2.45, 2.75) is 32.8 Å². The summed E-state index contributed by atoms with van der Waals surface area (Å²) in [5, 5.41) is 9.41. The summed E-state index contributed by atoms with van der Waals surface area (Å²) in [6.07, 6.45) is 6.18. The summed E-state index contributed by atoms with van der Waals surface area (Å²) in [6.45, 7) is 15.6. The molecule has 0 fully saturated rings. The minimum atomic E-state index is -0.648. The molecule has 31 heavy (non-hydrogen) atoms. The van der Waals surface area contributed by atoms with E-state index in [0.717, 1.165) is 24.2 Å². The second-order valence-corrected chi connectivity index (χ2v) is 7.62. The zero-order valence-corrected chi connectivity index (χ0v) is 18.3. The van der Waals surface area contributed by atoms with E-state index in [0.29, 0.717) is 17.8 Å². The number of allylic oxidation sites excluding steroid dienone is 3. The third kappa shape index (κ3) is 5.05. The lowest BCUT2D eigenvalue weighted by Gasteiger charge is -2.36. The van der Waals surface area contributed by atoms with Gasteiger partial charge in [-0.05, 0) is 61.8 Å². The molecule has 4 heteroatoms. The minimum Gasteiger partial charge on any atom is -0.483 e. The van der Waals surface area contributed by atoms with Crippen molar-refractivity contribution in [3.63, 3.8) is 0 Å². The second-order valence-electron chi connectivity index (χ2n) is 7.62. The molecule has 1 heterocycles. The second kappa shape index (κ2) is 9.83. The van der Waals surface area contributed by atoms with Crippen molar-refractivity contribution in [2.75, 3.05) is 18.0 Å². The molecule has 0 aromatic heterocycles. The van der Waals surface area contributed by atoms with Crippen LogP contribution in [0, 0.1) is 17.9 Å². The summed E-state index contributed by atoms with van der Waals surface area (Å²) in [5.41, 5.74) is 3.44. The zero-order valence-electron chi connectivity index (χ0n) is 18.3. The lowest BCUT2D eigenvalue weighted by atomic mass is 9.85. The molecule has 1 atom stereocenters. The Labute approximate surface area is 185 Å². The molecule has 0 radical (unpaired) electrons. The number of nitriles is 1. The highest BCUT2D eigenvalue weighted by molar-refractivity contribution is 5.58. The van der Waals surface area contributed by atoms with Crippen LogP contribution in [-0.4, -0.2) is 13.1 Å². The molecule has 2 aromatic carbocycles. The summed E-state index contributed by atoms with van der Waals surface area (Å²) in [5.74, 6) is 0.636. The van der Waals surface area contributed by atoms with Crippen LogP contribution < -0.4 is 4.90 Å². The van der Waals surface area contributed by atoms with Gasteiger partial charge in [-0.1, -0.05) is 48.5 Å². The molecule has 0 saturated carbocycles. The van der Waals surface area contributed by atoms with Crippen molar-refractivity contribution in [2.24, 2.45) is 0 Å². The van der Waals surface area contributed by atoms with Gasteiger partial charge in [-0.3, -0.25) is 0 Å². The highest BCUT2D eigenvalue weighted by Crippen LogP contribution is 2.40. The Morgan fingerprint density at radius 2 is 1.81 bits per heavy atom. The van der Waals surface area contributed by atoms with Crippen LogP contribution in [0.2, 0.25) is 0 Å². The van der Waals surface area contributed by atoms with Gasteiger partial charge in [0.05, 0.1) is 12.6 Å². The van der Waals surface area contributed by atoms with E-state index in [4.69, 9.17) is 11.3 Å². The quantitative estimate of drug-likeness (QED) is 0.406. The van der Waals surface area contributed by atoms with Crippen molar-refractivity contribution < 1.29 is 4.74 Å². The van der Waals surface area contributed by atoms with Gasteiger partial charge in [-0.15, -0.1) is 0 Å². The fraction of sp³-hybridized carbons (Fsp3) is 0.259. The van der Waals surface area contributed by atoms with E-state index in [9.17, 15) is 5.26 Å². The number of hydrogen-bond donors (Lipinski definition) is 0. The first-order valence-electron chi connectivity index (χ1n) is 10.5. The van der Waals surface area contributed by atoms with Crippen LogP contribution in [0.25, 0.3) is 10.9 Å². The molecule has 0 amide bonds. The Balaban J connectivity index is 1.92. The lowest BCUT2D eigenvalue weighted by Crippen LogP contribution is -2.29. The fourth-order valence-electron chi connectivity index (χ4n) is 3.83. The highest BCUT2D eigenvalue weighted by Gasteiger charge is 2.34. The third-order valence-corrected chi connectivity index (χ3v) is 5.56. The molecule has 0 spiro atoms. The van der Waals surface area contributed by atoms with E-state index < -0.39 is 5.60 Å². The van der Waals surface area contributed by atoms with Crippen molar-refractivity contribution >= 4 is 11.8 Å². The van der Waals surface area contributed by atoms with Gasteiger partial charge in [0, 0.05) is 25.2 Å². The van der Waals surface area contributed by atoms with Gasteiger partial charge in [-0.25, -0.2) is 10.1 Å². The van der Waals surface area contributed by atoms with E-state index >= 15 is 0 Å². The van der Waals surface area contributed by atoms with Crippen LogP contribution in [0.3, 0.4) is 0 Å². The highest BCUT2D eigenvalue weighted by atomic mass is 16.5. The Kier molecular flexibility index (Phi) is 6.96. The van der Waals surface area contributed by atoms with Gasteiger partial charge < -0.3 is 9.64 Å². The van der Waals surface area contributed by atoms with E-state index in [-0.39, 0.29) is 5.70 Å². The zero-order chi connectivity index (χ0) is 22.3. The normalized spacial score (nSPS) is 19.7. The average Bonchev–Trinajstić information content (AvgIpc) is 2.80. The Hall–Kier alpha value is -3.76. The van der Waals surface area contributed by atoms with E-state index in [1.165, 1.54) is 5.69 Å². The largest absolute Gasteiger partial charge is 0.483 e. The smallest absolute Gasteiger partial charge is 0.265 e. The number of rotatable bonds is 6. The first kappa shape index (κ1) is 21.9. The molecule has 1 aliphatic rings. The summed E-state index contributed by atoms with van der Waals surface area (Å²) in [7, 11) is 0. The van der Waals surface area contributed by atoms with Gasteiger partial charge in [0.1, 0.15) is 11.4 Å². The maximum absolute atomic E-state index is 9.41. The number of ether oxygens (including phenoxy) is 1. The van der Waals surface area contributed by atoms with Gasteiger partial charge >= 0.3 is 0 Å². The Bertz CT molecular complexity index is 1060. The van der Waals surface area contributed by atoms with Crippen molar-refractivity contribution in [1.82, 2.24) is 0 Å². The van der Waals surface area contributed by atoms with Crippen LogP contribution in [0.15, 0.2) is 83.8 Å². The molecule has 0 saturated heterocycles. The van der Waals surface area contributed by atoms with Crippen molar-refractivity contribution in [3.05, 3.63) is 106 Å². The van der Waals surface area contributed by atoms with E-state index in [1.54, 1.807) is 0 Å². The summed E-state index contributed by atoms with van der Waals surface area (Å²) in [6, 6.07) is 20.4. The van der Waals surface area contributed by atoms with Gasteiger partial charge in [0.25, 0.3) is 5.70 Å². The monoisotopic (exact) mass is 409 g/mol. The van der Waals surface area contributed by atoms with Gasteiger partial charge in [-0.2, -0.15) is 0 Å². The standard InChI is InChI=1S/C27H27N3O/c1-5-30(6-2)24-15-12-21(13-16-24)14-17-25-18-22(26(20-28)29-4)19-27(3,31-25)23-10-8-7-9-11-23/h7-18H,5-6,19H2,1-3H3. The van der Waals surface area contributed by atoms with Crippen molar-refractivity contribution in [3.8, 4) is 6.07 Å². The summed E-state index contributed by atoms with van der Waals surface area (Å²) in [4.78, 5) is 5.73.